The van der Waals surface area contributed by atoms with Crippen LogP contribution in [0, 0.1) is 13.8 Å². The van der Waals surface area contributed by atoms with Crippen LogP contribution in [-0.4, -0.2) is 71.8 Å². The average molecular weight is 432 g/mol. The molecule has 1 aromatic heterocycles. The molecule has 8 heteroatoms. The Hall–Kier alpha value is -2.64. The summed E-state index contributed by atoms with van der Waals surface area (Å²) in [7, 11) is 0. The van der Waals surface area contributed by atoms with Crippen molar-refractivity contribution in [1.82, 2.24) is 14.8 Å². The van der Waals surface area contributed by atoms with E-state index in [1.54, 1.807) is 49.9 Å². The first-order chi connectivity index (χ1) is 14.3. The number of nitrogens with zero attached hydrogens (tertiary/aromatic N) is 2. The highest BCUT2D eigenvalue weighted by Gasteiger charge is 2.27. The van der Waals surface area contributed by atoms with Crippen molar-refractivity contribution in [1.29, 1.82) is 0 Å². The van der Waals surface area contributed by atoms with Gasteiger partial charge in [-0.15, -0.1) is 0 Å². The minimum atomic E-state index is -0.452. The number of halogens is 1. The number of carbonyl (C=O) groups excluding carboxylic acids is 3. The molecule has 0 aliphatic carbocycles. The fraction of sp³-hybridized carbons (Fsp3) is 0.409. The zero-order valence-corrected chi connectivity index (χ0v) is 18.2. The molecule has 0 spiro atoms. The lowest BCUT2D eigenvalue weighted by Gasteiger charge is -2.34. The number of ketones is 1. The normalized spacial score (nSPS) is 14.6. The maximum Gasteiger partial charge on any atom is 0.355 e. The molecule has 3 rings (SSSR count). The average Bonchev–Trinajstić information content (AvgIpc) is 3.03. The smallest absolute Gasteiger partial charge is 0.355 e. The van der Waals surface area contributed by atoms with E-state index in [4.69, 9.17) is 16.3 Å². The molecule has 1 aromatic carbocycles. The van der Waals surface area contributed by atoms with Crippen molar-refractivity contribution in [2.75, 3.05) is 39.3 Å². The molecular weight excluding hydrogens is 406 g/mol. The van der Waals surface area contributed by atoms with Crippen LogP contribution < -0.4 is 0 Å². The van der Waals surface area contributed by atoms with Crippen molar-refractivity contribution in [2.24, 2.45) is 0 Å². The second-order valence-electron chi connectivity index (χ2n) is 7.34. The largest absolute Gasteiger partial charge is 0.461 e. The summed E-state index contributed by atoms with van der Waals surface area (Å²) in [6.07, 6.45) is 0. The molecule has 1 aliphatic heterocycles. The fourth-order valence-corrected chi connectivity index (χ4v) is 3.87. The molecule has 0 bridgehead atoms. The van der Waals surface area contributed by atoms with E-state index in [2.05, 4.69) is 4.98 Å². The minimum absolute atomic E-state index is 0.0333. The molecule has 0 atom stereocenters. The number of H-pyrrole nitrogens is 1. The van der Waals surface area contributed by atoms with Crippen molar-refractivity contribution >= 4 is 29.3 Å². The van der Waals surface area contributed by atoms with Crippen LogP contribution in [0.2, 0.25) is 5.02 Å². The Morgan fingerprint density at radius 2 is 1.70 bits per heavy atom. The summed E-state index contributed by atoms with van der Waals surface area (Å²) in [4.78, 5) is 44.4. The van der Waals surface area contributed by atoms with Crippen LogP contribution in [0.3, 0.4) is 0 Å². The van der Waals surface area contributed by atoms with Crippen LogP contribution in [0.15, 0.2) is 24.3 Å². The molecule has 1 aliphatic rings. The van der Waals surface area contributed by atoms with Crippen molar-refractivity contribution in [3.05, 3.63) is 57.4 Å². The molecule has 160 valence electrons. The quantitative estimate of drug-likeness (QED) is 0.561. The van der Waals surface area contributed by atoms with E-state index in [9.17, 15) is 14.4 Å². The lowest BCUT2D eigenvalue weighted by molar-refractivity contribution is 0.0518. The molecule has 0 saturated carbocycles. The van der Waals surface area contributed by atoms with Crippen molar-refractivity contribution in [2.45, 2.75) is 20.8 Å². The number of piperazine rings is 1. The van der Waals surface area contributed by atoms with Crippen LogP contribution in [0.1, 0.15) is 49.4 Å². The van der Waals surface area contributed by atoms with E-state index in [0.29, 0.717) is 59.3 Å². The summed E-state index contributed by atoms with van der Waals surface area (Å²) in [5.74, 6) is -0.533. The number of aryl methyl sites for hydroxylation is 1. The van der Waals surface area contributed by atoms with Gasteiger partial charge in [-0.1, -0.05) is 11.6 Å². The van der Waals surface area contributed by atoms with Gasteiger partial charge in [-0.2, -0.15) is 0 Å². The van der Waals surface area contributed by atoms with Crippen molar-refractivity contribution < 1.29 is 19.1 Å². The van der Waals surface area contributed by atoms with Crippen LogP contribution in [0.25, 0.3) is 0 Å². The summed E-state index contributed by atoms with van der Waals surface area (Å²) in [5.41, 5.74) is 2.76. The van der Waals surface area contributed by atoms with E-state index in [1.165, 1.54) is 0 Å². The number of carbonyl (C=O) groups is 3. The van der Waals surface area contributed by atoms with Gasteiger partial charge in [-0.3, -0.25) is 14.5 Å². The summed E-state index contributed by atoms with van der Waals surface area (Å²) in [5, 5.41) is 0.594. The van der Waals surface area contributed by atoms with E-state index < -0.39 is 5.97 Å². The highest BCUT2D eigenvalue weighted by atomic mass is 35.5. The molecule has 2 heterocycles. The second kappa shape index (κ2) is 9.45. The third-order valence-electron chi connectivity index (χ3n) is 5.31. The highest BCUT2D eigenvalue weighted by molar-refractivity contribution is 6.30. The standard InChI is InChI=1S/C22H26ClN3O4/c1-4-30-22(29)20-14(2)19(15(3)24-20)18(27)13-25-9-11-26(12-10-25)21(28)16-5-7-17(23)8-6-16/h5-8,24H,4,9-13H2,1-3H3. The SMILES string of the molecule is CCOC(=O)c1[nH]c(C)c(C(=O)CN2CCN(C(=O)c3ccc(Cl)cc3)CC2)c1C. The van der Waals surface area contributed by atoms with Gasteiger partial charge < -0.3 is 14.6 Å². The number of nitrogens with one attached hydrogen (secondary N) is 1. The van der Waals surface area contributed by atoms with Gasteiger partial charge in [0.25, 0.3) is 5.91 Å². The number of rotatable bonds is 6. The van der Waals surface area contributed by atoms with Gasteiger partial charge in [-0.25, -0.2) is 4.79 Å². The third-order valence-corrected chi connectivity index (χ3v) is 5.57. The number of hydrogen-bond acceptors (Lipinski definition) is 5. The Kier molecular flexibility index (Phi) is 6.95. The Balaban J connectivity index is 1.60. The summed E-state index contributed by atoms with van der Waals surface area (Å²) in [6, 6.07) is 6.85. The topological polar surface area (TPSA) is 82.7 Å². The number of ether oxygens (including phenoxy) is 1. The number of aromatic nitrogens is 1. The van der Waals surface area contributed by atoms with Gasteiger partial charge in [0.2, 0.25) is 0 Å². The number of amides is 1. The number of benzene rings is 1. The van der Waals surface area contributed by atoms with E-state index in [0.717, 1.165) is 0 Å². The number of hydrogen-bond donors (Lipinski definition) is 1. The summed E-state index contributed by atoms with van der Waals surface area (Å²) in [6.45, 7) is 8.12. The van der Waals surface area contributed by atoms with Crippen LogP contribution >= 0.6 is 11.6 Å². The van der Waals surface area contributed by atoms with Crippen LogP contribution in [0.4, 0.5) is 0 Å². The molecular formula is C22H26ClN3O4. The zero-order chi connectivity index (χ0) is 21.8. The van der Waals surface area contributed by atoms with Gasteiger partial charge in [-0.05, 0) is 50.6 Å². The summed E-state index contributed by atoms with van der Waals surface area (Å²) >= 11 is 5.89. The van der Waals surface area contributed by atoms with E-state index in [-0.39, 0.29) is 24.8 Å². The first-order valence-corrected chi connectivity index (χ1v) is 10.4. The number of Topliss-reactive ketones (excluding diaryl/α,β-unsaturated/α-hetero) is 1. The number of aromatic amines is 1. The molecule has 0 radical (unpaired) electrons. The third kappa shape index (κ3) is 4.74. The molecule has 30 heavy (non-hydrogen) atoms. The molecule has 2 aromatic rings. The van der Waals surface area contributed by atoms with E-state index in [1.807, 2.05) is 4.90 Å². The minimum Gasteiger partial charge on any atom is -0.461 e. The van der Waals surface area contributed by atoms with Gasteiger partial charge in [0.15, 0.2) is 5.78 Å². The highest BCUT2D eigenvalue weighted by Crippen LogP contribution is 2.20. The first kappa shape index (κ1) is 22.1. The predicted octanol–water partition coefficient (Wildman–Crippen LogP) is 3.10. The Morgan fingerprint density at radius 3 is 2.30 bits per heavy atom. The molecule has 1 fully saturated rings. The van der Waals surface area contributed by atoms with Crippen molar-refractivity contribution in [3.63, 3.8) is 0 Å². The molecule has 7 nitrogen and oxygen atoms in total. The first-order valence-electron chi connectivity index (χ1n) is 9.98. The molecule has 1 amide bonds. The second-order valence-corrected chi connectivity index (χ2v) is 7.78. The lowest BCUT2D eigenvalue weighted by Crippen LogP contribution is -2.50. The molecule has 1 saturated heterocycles. The summed E-state index contributed by atoms with van der Waals surface area (Å²) < 4.78 is 5.05. The van der Waals surface area contributed by atoms with Crippen LogP contribution in [0.5, 0.6) is 0 Å². The molecule has 1 N–H and O–H groups in total. The molecule has 0 unspecified atom stereocenters. The van der Waals surface area contributed by atoms with E-state index >= 15 is 0 Å². The predicted molar refractivity (Wildman–Crippen MR) is 114 cm³/mol. The Bertz CT molecular complexity index is 944. The maximum atomic E-state index is 12.9. The van der Waals surface area contributed by atoms with Gasteiger partial charge in [0.05, 0.1) is 13.2 Å². The van der Waals surface area contributed by atoms with Gasteiger partial charge >= 0.3 is 5.97 Å². The lowest BCUT2D eigenvalue weighted by atomic mass is 10.0. The Morgan fingerprint density at radius 1 is 1.07 bits per heavy atom. The maximum absolute atomic E-state index is 12.9. The zero-order valence-electron chi connectivity index (χ0n) is 17.5. The van der Waals surface area contributed by atoms with Crippen molar-refractivity contribution in [3.8, 4) is 0 Å². The fourth-order valence-electron chi connectivity index (χ4n) is 3.74. The van der Waals surface area contributed by atoms with Gasteiger partial charge in [0.1, 0.15) is 5.69 Å². The Labute approximate surface area is 180 Å². The number of esters is 1. The monoisotopic (exact) mass is 431 g/mol. The van der Waals surface area contributed by atoms with Crippen LogP contribution in [-0.2, 0) is 4.74 Å². The van der Waals surface area contributed by atoms with Gasteiger partial charge in [0, 0.05) is 48.0 Å².